The van der Waals surface area contributed by atoms with Gasteiger partial charge in [-0.05, 0) is 31.5 Å². The Morgan fingerprint density at radius 2 is 2.24 bits per heavy atom. The van der Waals surface area contributed by atoms with Crippen molar-refractivity contribution >= 4 is 16.9 Å². The van der Waals surface area contributed by atoms with Crippen molar-refractivity contribution in [3.8, 4) is 0 Å². The number of hydrazine groups is 1. The molecular formula is C12H16N4O. The summed E-state index contributed by atoms with van der Waals surface area (Å²) in [5.74, 6) is 5.96. The van der Waals surface area contributed by atoms with Gasteiger partial charge >= 0.3 is 0 Å². The molecule has 90 valence electrons. The van der Waals surface area contributed by atoms with Crippen LogP contribution in [0.15, 0.2) is 18.2 Å². The Labute approximate surface area is 99.6 Å². The zero-order valence-electron chi connectivity index (χ0n) is 10.2. The first kappa shape index (κ1) is 11.6. The van der Waals surface area contributed by atoms with E-state index in [9.17, 15) is 4.79 Å². The van der Waals surface area contributed by atoms with E-state index < -0.39 is 0 Å². The van der Waals surface area contributed by atoms with E-state index in [1.165, 1.54) is 0 Å². The third-order valence-corrected chi connectivity index (χ3v) is 2.84. The lowest BCUT2D eigenvalue weighted by Gasteiger charge is -2.16. The number of aromatic nitrogens is 2. The third-order valence-electron chi connectivity index (χ3n) is 2.84. The van der Waals surface area contributed by atoms with Crippen LogP contribution < -0.4 is 5.84 Å². The number of aryl methyl sites for hydroxylation is 1. The molecule has 17 heavy (non-hydrogen) atoms. The second kappa shape index (κ2) is 4.18. The highest BCUT2D eigenvalue weighted by molar-refractivity contribution is 5.84. The fourth-order valence-electron chi connectivity index (χ4n) is 1.87. The van der Waals surface area contributed by atoms with E-state index in [0.29, 0.717) is 0 Å². The topological polar surface area (TPSA) is 75.0 Å². The Morgan fingerprint density at radius 3 is 2.88 bits per heavy atom. The maximum Gasteiger partial charge on any atom is 0.243 e. The van der Waals surface area contributed by atoms with Crippen LogP contribution in [-0.4, -0.2) is 27.9 Å². The van der Waals surface area contributed by atoms with E-state index in [2.05, 4.69) is 9.97 Å². The molecule has 0 saturated carbocycles. The molecule has 1 amide bonds. The minimum Gasteiger partial charge on any atom is -0.342 e. The van der Waals surface area contributed by atoms with Gasteiger partial charge in [-0.3, -0.25) is 9.80 Å². The van der Waals surface area contributed by atoms with Gasteiger partial charge in [-0.15, -0.1) is 0 Å². The monoisotopic (exact) mass is 232 g/mol. The van der Waals surface area contributed by atoms with Crippen molar-refractivity contribution < 1.29 is 4.79 Å². The van der Waals surface area contributed by atoms with Gasteiger partial charge in [0.2, 0.25) is 5.91 Å². The molecule has 0 radical (unpaired) electrons. The van der Waals surface area contributed by atoms with Crippen molar-refractivity contribution in [2.24, 2.45) is 5.84 Å². The van der Waals surface area contributed by atoms with Gasteiger partial charge < -0.3 is 4.98 Å². The molecule has 5 nitrogen and oxygen atoms in total. The summed E-state index contributed by atoms with van der Waals surface area (Å²) < 4.78 is 0. The number of imidazole rings is 1. The number of H-pyrrole nitrogens is 1. The second-order valence-electron chi connectivity index (χ2n) is 4.27. The maximum atomic E-state index is 11.8. The highest BCUT2D eigenvalue weighted by atomic mass is 16.2. The highest BCUT2D eigenvalue weighted by Gasteiger charge is 2.18. The number of nitrogens with one attached hydrogen (secondary N) is 1. The summed E-state index contributed by atoms with van der Waals surface area (Å²) in [7, 11) is 1.55. The van der Waals surface area contributed by atoms with Gasteiger partial charge in [-0.1, -0.05) is 6.07 Å². The van der Waals surface area contributed by atoms with Gasteiger partial charge in [0.25, 0.3) is 0 Å². The number of fused-ring (bicyclic) bond motifs is 1. The van der Waals surface area contributed by atoms with Gasteiger partial charge in [0.05, 0.1) is 17.0 Å². The molecule has 0 fully saturated rings. The summed E-state index contributed by atoms with van der Waals surface area (Å²) in [4.78, 5) is 19.2. The molecule has 2 aromatic rings. The second-order valence-corrected chi connectivity index (χ2v) is 4.27. The Bertz CT molecular complexity index is 559. The molecule has 3 N–H and O–H groups in total. The van der Waals surface area contributed by atoms with Crippen molar-refractivity contribution in [3.63, 3.8) is 0 Å². The number of rotatable bonds is 2. The summed E-state index contributed by atoms with van der Waals surface area (Å²) in [6.45, 7) is 3.75. The van der Waals surface area contributed by atoms with E-state index in [0.717, 1.165) is 27.4 Å². The van der Waals surface area contributed by atoms with Crippen LogP contribution in [0.1, 0.15) is 24.2 Å². The van der Waals surface area contributed by atoms with Gasteiger partial charge in [0, 0.05) is 7.05 Å². The van der Waals surface area contributed by atoms with E-state index in [-0.39, 0.29) is 11.8 Å². The van der Waals surface area contributed by atoms with E-state index in [4.69, 9.17) is 5.84 Å². The summed E-state index contributed by atoms with van der Waals surface area (Å²) in [6, 6.07) is 5.77. The molecule has 0 bridgehead atoms. The van der Waals surface area contributed by atoms with Gasteiger partial charge in [0.1, 0.15) is 5.82 Å². The van der Waals surface area contributed by atoms with Gasteiger partial charge in [-0.2, -0.15) is 0 Å². The Hall–Kier alpha value is -1.88. The summed E-state index contributed by atoms with van der Waals surface area (Å²) in [5.41, 5.74) is 2.79. The molecule has 2 rings (SSSR count). The first-order valence-electron chi connectivity index (χ1n) is 5.47. The number of aromatic amines is 1. The molecule has 0 aliphatic rings. The van der Waals surface area contributed by atoms with Crippen LogP contribution in [0.3, 0.4) is 0 Å². The predicted molar refractivity (Wildman–Crippen MR) is 66.2 cm³/mol. The van der Waals surface area contributed by atoms with E-state index >= 15 is 0 Å². The molecule has 1 unspecified atom stereocenters. The summed E-state index contributed by atoms with van der Waals surface area (Å²) in [6.07, 6.45) is 0. The van der Waals surface area contributed by atoms with E-state index in [1.807, 2.05) is 32.0 Å². The molecule has 0 aliphatic heterocycles. The number of hydrogen-bond donors (Lipinski definition) is 2. The number of nitrogens with zero attached hydrogens (tertiary/aromatic N) is 2. The maximum absolute atomic E-state index is 11.8. The fraction of sp³-hybridized carbons (Fsp3) is 0.333. The van der Waals surface area contributed by atoms with Crippen LogP contribution in [0.4, 0.5) is 0 Å². The Morgan fingerprint density at radius 1 is 1.53 bits per heavy atom. The van der Waals surface area contributed by atoms with Crippen molar-refractivity contribution in [1.29, 1.82) is 0 Å². The van der Waals surface area contributed by atoms with Crippen molar-refractivity contribution in [2.75, 3.05) is 7.05 Å². The Kier molecular flexibility index (Phi) is 2.85. The lowest BCUT2D eigenvalue weighted by Crippen LogP contribution is -2.36. The Balaban J connectivity index is 2.38. The number of benzene rings is 1. The zero-order valence-corrected chi connectivity index (χ0v) is 10.2. The molecule has 0 aliphatic carbocycles. The largest absolute Gasteiger partial charge is 0.342 e. The molecule has 1 aromatic carbocycles. The summed E-state index contributed by atoms with van der Waals surface area (Å²) in [5, 5.41) is 1.12. The minimum absolute atomic E-state index is 0.111. The molecule has 0 spiro atoms. The molecule has 1 aromatic heterocycles. The average molecular weight is 232 g/mol. The first-order chi connectivity index (χ1) is 7.99. The number of nitrogens with two attached hydrogens (primary N) is 1. The molecular weight excluding hydrogens is 216 g/mol. The minimum atomic E-state index is -0.252. The van der Waals surface area contributed by atoms with Crippen LogP contribution in [0.2, 0.25) is 0 Å². The van der Waals surface area contributed by atoms with Gasteiger partial charge in [0.15, 0.2) is 0 Å². The lowest BCUT2D eigenvalue weighted by atomic mass is 10.00. The summed E-state index contributed by atoms with van der Waals surface area (Å²) >= 11 is 0. The lowest BCUT2D eigenvalue weighted by molar-refractivity contribution is -0.131. The molecule has 1 heterocycles. The smallest absolute Gasteiger partial charge is 0.243 e. The van der Waals surface area contributed by atoms with Crippen LogP contribution >= 0.6 is 0 Å². The SMILES string of the molecule is Cc1nc2ccc(C(C)C(=O)N(C)N)cc2[nH]1. The van der Waals surface area contributed by atoms with Crippen LogP contribution in [0, 0.1) is 6.92 Å². The van der Waals surface area contributed by atoms with Crippen molar-refractivity contribution in [3.05, 3.63) is 29.6 Å². The molecule has 0 saturated heterocycles. The van der Waals surface area contributed by atoms with Gasteiger partial charge in [-0.25, -0.2) is 10.8 Å². The predicted octanol–water partition coefficient (Wildman–Crippen LogP) is 1.31. The standard InChI is InChI=1S/C12H16N4O/c1-7(12(17)16(3)13)9-4-5-10-11(6-9)15-8(2)14-10/h4-7H,13H2,1-3H3,(H,14,15). The number of hydrogen-bond acceptors (Lipinski definition) is 3. The normalized spacial score (nSPS) is 12.7. The zero-order chi connectivity index (χ0) is 12.6. The molecule has 5 heteroatoms. The first-order valence-corrected chi connectivity index (χ1v) is 5.47. The average Bonchev–Trinajstić information content (AvgIpc) is 2.65. The number of amides is 1. The van der Waals surface area contributed by atoms with Crippen LogP contribution in [0.5, 0.6) is 0 Å². The highest BCUT2D eigenvalue weighted by Crippen LogP contribution is 2.21. The fourth-order valence-corrected chi connectivity index (χ4v) is 1.87. The van der Waals surface area contributed by atoms with Crippen molar-refractivity contribution in [2.45, 2.75) is 19.8 Å². The van der Waals surface area contributed by atoms with E-state index in [1.54, 1.807) is 7.05 Å². The third kappa shape index (κ3) is 2.14. The number of carbonyl (C=O) groups is 1. The molecule has 1 atom stereocenters. The number of likely N-dealkylation sites (N-methyl/N-ethyl adjacent to an activating group) is 1. The van der Waals surface area contributed by atoms with Crippen molar-refractivity contribution in [1.82, 2.24) is 15.0 Å². The van der Waals surface area contributed by atoms with Crippen LogP contribution in [-0.2, 0) is 4.79 Å². The number of carbonyl (C=O) groups excluding carboxylic acids is 1. The quantitative estimate of drug-likeness (QED) is 0.465. The van der Waals surface area contributed by atoms with Crippen LogP contribution in [0.25, 0.3) is 11.0 Å².